The second kappa shape index (κ2) is 8.56. The third-order valence-corrected chi connectivity index (χ3v) is 5.03. The molecule has 1 aromatic carbocycles. The van der Waals surface area contributed by atoms with Gasteiger partial charge in [0.2, 0.25) is 0 Å². The van der Waals surface area contributed by atoms with Crippen LogP contribution in [0.25, 0.3) is 0 Å². The fraction of sp³-hybridized carbons (Fsp3) is 0.400. The Hall–Kier alpha value is -2.67. The number of hydrogen-bond donors (Lipinski definition) is 0. The SMILES string of the molecule is CCCC1=Nc2c(cnn2C(=O)OC)C(c2ccccc2Cl)C1C(=O)OCC. The summed E-state index contributed by atoms with van der Waals surface area (Å²) >= 11 is 6.48. The molecule has 0 N–H and O–H groups in total. The molecule has 0 saturated heterocycles. The Kier molecular flexibility index (Phi) is 6.14. The van der Waals surface area contributed by atoms with Crippen molar-refractivity contribution in [3.05, 3.63) is 46.6 Å². The van der Waals surface area contributed by atoms with Crippen molar-refractivity contribution < 1.29 is 19.1 Å². The molecular weight excluding hydrogens is 382 g/mol. The molecule has 0 saturated carbocycles. The van der Waals surface area contributed by atoms with Gasteiger partial charge in [-0.3, -0.25) is 4.79 Å². The molecule has 2 heterocycles. The molecule has 0 fully saturated rings. The van der Waals surface area contributed by atoms with E-state index in [2.05, 4.69) is 10.1 Å². The van der Waals surface area contributed by atoms with Crippen LogP contribution in [0.1, 0.15) is 43.7 Å². The molecule has 1 aliphatic rings. The zero-order valence-corrected chi connectivity index (χ0v) is 16.8. The lowest BCUT2D eigenvalue weighted by Crippen LogP contribution is -2.35. The number of fused-ring (bicyclic) bond motifs is 1. The van der Waals surface area contributed by atoms with E-state index in [1.807, 2.05) is 25.1 Å². The van der Waals surface area contributed by atoms with Gasteiger partial charge in [-0.2, -0.15) is 5.10 Å². The van der Waals surface area contributed by atoms with E-state index in [4.69, 9.17) is 21.1 Å². The smallest absolute Gasteiger partial charge is 0.436 e. The van der Waals surface area contributed by atoms with E-state index in [-0.39, 0.29) is 12.6 Å². The summed E-state index contributed by atoms with van der Waals surface area (Å²) in [7, 11) is 1.28. The van der Waals surface area contributed by atoms with Crippen molar-refractivity contribution in [1.29, 1.82) is 0 Å². The number of ether oxygens (including phenoxy) is 2. The lowest BCUT2D eigenvalue weighted by molar-refractivity contribution is -0.146. The van der Waals surface area contributed by atoms with Crippen molar-refractivity contribution in [2.75, 3.05) is 13.7 Å². The zero-order valence-electron chi connectivity index (χ0n) is 16.0. The first-order valence-electron chi connectivity index (χ1n) is 9.18. The van der Waals surface area contributed by atoms with Gasteiger partial charge in [-0.1, -0.05) is 43.1 Å². The standard InChI is InChI=1S/C20H22ClN3O4/c1-4-8-15-17(19(25)28-5-2)16(12-9-6-7-10-14(12)21)13-11-22-24(18(13)23-15)20(26)27-3/h6-7,9-11,16-17H,4-5,8H2,1-3H3. The molecule has 2 unspecified atom stereocenters. The van der Waals surface area contributed by atoms with Gasteiger partial charge in [-0.05, 0) is 25.0 Å². The molecule has 7 nitrogen and oxygen atoms in total. The second-order valence-corrected chi connectivity index (χ2v) is 6.79. The number of benzene rings is 1. The number of halogens is 1. The predicted molar refractivity (Wildman–Crippen MR) is 105 cm³/mol. The van der Waals surface area contributed by atoms with Gasteiger partial charge in [0, 0.05) is 22.2 Å². The van der Waals surface area contributed by atoms with Gasteiger partial charge in [-0.15, -0.1) is 4.68 Å². The minimum Gasteiger partial charge on any atom is -0.465 e. The number of aliphatic imine (C=N–C) groups is 1. The molecule has 0 spiro atoms. The molecule has 0 amide bonds. The Morgan fingerprint density at radius 1 is 1.21 bits per heavy atom. The summed E-state index contributed by atoms with van der Waals surface area (Å²) < 4.78 is 11.3. The molecule has 28 heavy (non-hydrogen) atoms. The first kappa shape index (κ1) is 20.1. The summed E-state index contributed by atoms with van der Waals surface area (Å²) in [6.07, 6.45) is 2.26. The maximum Gasteiger partial charge on any atom is 0.436 e. The number of esters is 1. The predicted octanol–water partition coefficient (Wildman–Crippen LogP) is 4.35. The van der Waals surface area contributed by atoms with Crippen LogP contribution in [-0.2, 0) is 14.3 Å². The number of nitrogens with zero attached hydrogens (tertiary/aromatic N) is 3. The molecule has 2 aromatic rings. The second-order valence-electron chi connectivity index (χ2n) is 6.39. The normalized spacial score (nSPS) is 18.2. The highest BCUT2D eigenvalue weighted by Crippen LogP contribution is 2.45. The van der Waals surface area contributed by atoms with Crippen LogP contribution in [0.5, 0.6) is 0 Å². The lowest BCUT2D eigenvalue weighted by atomic mass is 9.76. The summed E-state index contributed by atoms with van der Waals surface area (Å²) in [5, 5.41) is 4.67. The van der Waals surface area contributed by atoms with Gasteiger partial charge in [0.1, 0.15) is 5.92 Å². The summed E-state index contributed by atoms with van der Waals surface area (Å²) in [4.78, 5) is 29.7. The van der Waals surface area contributed by atoms with Gasteiger partial charge in [0.15, 0.2) is 5.82 Å². The molecule has 0 radical (unpaired) electrons. The van der Waals surface area contributed by atoms with Crippen LogP contribution in [0.4, 0.5) is 10.6 Å². The number of hydrogen-bond acceptors (Lipinski definition) is 6. The topological polar surface area (TPSA) is 82.8 Å². The van der Waals surface area contributed by atoms with Crippen molar-refractivity contribution in [1.82, 2.24) is 9.78 Å². The minimum absolute atomic E-state index is 0.262. The number of aromatic nitrogens is 2. The number of carbonyl (C=O) groups excluding carboxylic acids is 2. The van der Waals surface area contributed by atoms with Gasteiger partial charge >= 0.3 is 12.1 Å². The Balaban J connectivity index is 2.25. The molecule has 148 valence electrons. The molecule has 3 rings (SSSR count). The molecule has 8 heteroatoms. The van der Waals surface area contributed by atoms with Gasteiger partial charge in [0.25, 0.3) is 0 Å². The minimum atomic E-state index is -0.645. The zero-order chi connectivity index (χ0) is 20.3. The quantitative estimate of drug-likeness (QED) is 0.693. The average molecular weight is 404 g/mol. The van der Waals surface area contributed by atoms with Crippen LogP contribution in [0.3, 0.4) is 0 Å². The Morgan fingerprint density at radius 3 is 2.61 bits per heavy atom. The summed E-state index contributed by atoms with van der Waals surface area (Å²) in [6, 6.07) is 7.33. The fourth-order valence-electron chi connectivity index (χ4n) is 3.53. The Labute approximate surface area is 168 Å². The first-order valence-corrected chi connectivity index (χ1v) is 9.55. The largest absolute Gasteiger partial charge is 0.465 e. The number of carbonyl (C=O) groups is 2. The van der Waals surface area contributed by atoms with Crippen LogP contribution >= 0.6 is 11.6 Å². The van der Waals surface area contributed by atoms with Gasteiger partial charge in [-0.25, -0.2) is 9.79 Å². The summed E-state index contributed by atoms with van der Waals surface area (Å²) in [5.41, 5.74) is 2.04. The number of rotatable bonds is 5. The van der Waals surface area contributed by atoms with Crippen molar-refractivity contribution in [2.24, 2.45) is 10.9 Å². The van der Waals surface area contributed by atoms with Crippen LogP contribution < -0.4 is 0 Å². The van der Waals surface area contributed by atoms with E-state index < -0.39 is 17.9 Å². The molecule has 0 aliphatic carbocycles. The van der Waals surface area contributed by atoms with Crippen molar-refractivity contribution in [2.45, 2.75) is 32.6 Å². The van der Waals surface area contributed by atoms with Crippen LogP contribution in [0.2, 0.25) is 5.02 Å². The molecule has 1 aliphatic heterocycles. The Bertz CT molecular complexity index is 922. The first-order chi connectivity index (χ1) is 13.5. The van der Waals surface area contributed by atoms with E-state index in [1.165, 1.54) is 7.11 Å². The van der Waals surface area contributed by atoms with Gasteiger partial charge < -0.3 is 9.47 Å². The van der Waals surface area contributed by atoms with E-state index in [9.17, 15) is 9.59 Å². The highest BCUT2D eigenvalue weighted by Gasteiger charge is 2.42. The third kappa shape index (κ3) is 3.54. The molecular formula is C20H22ClN3O4. The fourth-order valence-corrected chi connectivity index (χ4v) is 3.78. The van der Waals surface area contributed by atoms with Crippen molar-refractivity contribution in [3.8, 4) is 0 Å². The molecule has 1 aromatic heterocycles. The lowest BCUT2D eigenvalue weighted by Gasteiger charge is -2.31. The summed E-state index contributed by atoms with van der Waals surface area (Å²) in [6.45, 7) is 4.03. The van der Waals surface area contributed by atoms with Crippen LogP contribution in [0.15, 0.2) is 35.5 Å². The van der Waals surface area contributed by atoms with E-state index in [0.29, 0.717) is 28.5 Å². The highest BCUT2D eigenvalue weighted by molar-refractivity contribution is 6.31. The van der Waals surface area contributed by atoms with Crippen molar-refractivity contribution >= 4 is 35.2 Å². The maximum atomic E-state index is 12.9. The molecule has 0 bridgehead atoms. The van der Waals surface area contributed by atoms with Gasteiger partial charge in [0.05, 0.1) is 19.9 Å². The third-order valence-electron chi connectivity index (χ3n) is 4.68. The highest BCUT2D eigenvalue weighted by atomic mass is 35.5. The monoisotopic (exact) mass is 403 g/mol. The van der Waals surface area contributed by atoms with Crippen molar-refractivity contribution in [3.63, 3.8) is 0 Å². The number of methoxy groups -OCH3 is 1. The Morgan fingerprint density at radius 2 is 1.96 bits per heavy atom. The average Bonchev–Trinajstić information content (AvgIpc) is 3.11. The van der Waals surface area contributed by atoms with E-state index >= 15 is 0 Å². The molecule has 2 atom stereocenters. The van der Waals surface area contributed by atoms with Crippen LogP contribution in [0, 0.1) is 5.92 Å². The summed E-state index contributed by atoms with van der Waals surface area (Å²) in [5.74, 6) is -1.10. The van der Waals surface area contributed by atoms with Crippen LogP contribution in [-0.4, -0.2) is 41.3 Å². The maximum absolute atomic E-state index is 12.9. The van der Waals surface area contributed by atoms with E-state index in [0.717, 1.165) is 16.7 Å². The van der Waals surface area contributed by atoms with E-state index in [1.54, 1.807) is 19.2 Å².